The van der Waals surface area contributed by atoms with Gasteiger partial charge in [-0.25, -0.2) is 8.42 Å². The number of nitrogens with zero attached hydrogens (tertiary/aromatic N) is 1. The molecule has 1 aliphatic rings. The molecule has 0 bridgehead atoms. The van der Waals surface area contributed by atoms with Crippen molar-refractivity contribution in [2.75, 3.05) is 18.4 Å². The van der Waals surface area contributed by atoms with E-state index in [1.807, 2.05) is 32.0 Å². The van der Waals surface area contributed by atoms with Crippen LogP contribution in [0.5, 0.6) is 0 Å². The second-order valence-electron chi connectivity index (χ2n) is 6.73. The predicted molar refractivity (Wildman–Crippen MR) is 103 cm³/mol. The summed E-state index contributed by atoms with van der Waals surface area (Å²) in [5.41, 5.74) is 2.91. The summed E-state index contributed by atoms with van der Waals surface area (Å²) < 4.78 is 27.5. The van der Waals surface area contributed by atoms with E-state index >= 15 is 0 Å². The molecule has 1 N–H and O–H groups in total. The van der Waals surface area contributed by atoms with Crippen molar-refractivity contribution >= 4 is 21.6 Å². The van der Waals surface area contributed by atoms with Gasteiger partial charge in [-0.05, 0) is 50.5 Å². The minimum Gasteiger partial charge on any atom is -0.322 e. The number of hydrogen-bond donors (Lipinski definition) is 1. The summed E-state index contributed by atoms with van der Waals surface area (Å²) in [5.74, 6) is -0.409. The zero-order chi connectivity index (χ0) is 18.7. The summed E-state index contributed by atoms with van der Waals surface area (Å²) in [7, 11) is -3.67. The number of nitrogens with one attached hydrogen (secondary N) is 1. The maximum atomic E-state index is 13.0. The molecule has 1 heterocycles. The molecule has 26 heavy (non-hydrogen) atoms. The van der Waals surface area contributed by atoms with Crippen LogP contribution in [0.3, 0.4) is 0 Å². The second kappa shape index (κ2) is 7.60. The van der Waals surface area contributed by atoms with Crippen molar-refractivity contribution in [2.45, 2.75) is 38.0 Å². The van der Waals surface area contributed by atoms with Crippen LogP contribution in [0.25, 0.3) is 0 Å². The van der Waals surface area contributed by atoms with Crippen LogP contribution < -0.4 is 5.32 Å². The first-order valence-electron chi connectivity index (χ1n) is 8.87. The van der Waals surface area contributed by atoms with E-state index in [1.54, 1.807) is 18.2 Å². The molecule has 3 rings (SSSR count). The first kappa shape index (κ1) is 18.6. The molecule has 6 heteroatoms. The Morgan fingerprint density at radius 3 is 2.38 bits per heavy atom. The maximum Gasteiger partial charge on any atom is 0.257 e. The van der Waals surface area contributed by atoms with Gasteiger partial charge in [0, 0.05) is 18.8 Å². The Hall–Kier alpha value is -2.18. The topological polar surface area (TPSA) is 66.5 Å². The molecular formula is C20H24N2O3S. The fraction of sp³-hybridized carbons (Fsp3) is 0.350. The van der Waals surface area contributed by atoms with Crippen molar-refractivity contribution < 1.29 is 13.2 Å². The van der Waals surface area contributed by atoms with Crippen LogP contribution in [0, 0.1) is 13.8 Å². The van der Waals surface area contributed by atoms with Gasteiger partial charge in [-0.2, -0.15) is 4.31 Å². The van der Waals surface area contributed by atoms with Gasteiger partial charge in [0.2, 0.25) is 10.0 Å². The van der Waals surface area contributed by atoms with E-state index in [9.17, 15) is 13.2 Å². The summed E-state index contributed by atoms with van der Waals surface area (Å²) in [5, 5.41) is 2.85. The van der Waals surface area contributed by atoms with E-state index in [-0.39, 0.29) is 10.5 Å². The van der Waals surface area contributed by atoms with Gasteiger partial charge in [-0.3, -0.25) is 4.79 Å². The summed E-state index contributed by atoms with van der Waals surface area (Å²) in [4.78, 5) is 12.9. The highest BCUT2D eigenvalue weighted by Crippen LogP contribution is 2.25. The van der Waals surface area contributed by atoms with Crippen LogP contribution in [0.4, 0.5) is 5.69 Å². The Bertz CT molecular complexity index is 916. The molecule has 0 radical (unpaired) electrons. The second-order valence-corrected chi connectivity index (χ2v) is 8.64. The van der Waals surface area contributed by atoms with Gasteiger partial charge in [-0.15, -0.1) is 0 Å². The number of carbonyl (C=O) groups is 1. The van der Waals surface area contributed by atoms with E-state index in [2.05, 4.69) is 5.32 Å². The lowest BCUT2D eigenvalue weighted by Crippen LogP contribution is -2.36. The van der Waals surface area contributed by atoms with Crippen molar-refractivity contribution in [3.63, 3.8) is 0 Å². The quantitative estimate of drug-likeness (QED) is 0.889. The lowest BCUT2D eigenvalue weighted by atomic mass is 10.1. The molecule has 0 saturated carbocycles. The number of anilines is 1. The Morgan fingerprint density at radius 2 is 1.69 bits per heavy atom. The van der Waals surface area contributed by atoms with Gasteiger partial charge in [-0.1, -0.05) is 36.2 Å². The normalized spacial score (nSPS) is 15.6. The van der Waals surface area contributed by atoms with Crippen LogP contribution in [0.15, 0.2) is 47.4 Å². The number of rotatable bonds is 4. The summed E-state index contributed by atoms with van der Waals surface area (Å²) in [6, 6.07) is 12.2. The number of piperidine rings is 1. The lowest BCUT2D eigenvalue weighted by molar-refractivity contribution is 0.102. The first-order chi connectivity index (χ1) is 12.4. The van der Waals surface area contributed by atoms with Crippen LogP contribution in [0.1, 0.15) is 40.7 Å². The number of sulfonamides is 1. The third-order valence-electron chi connectivity index (χ3n) is 4.69. The van der Waals surface area contributed by atoms with Crippen LogP contribution in [-0.4, -0.2) is 31.7 Å². The fourth-order valence-corrected chi connectivity index (χ4v) is 4.97. The van der Waals surface area contributed by atoms with E-state index in [0.717, 1.165) is 30.4 Å². The minimum atomic E-state index is -3.67. The van der Waals surface area contributed by atoms with Crippen molar-refractivity contribution in [3.05, 3.63) is 59.2 Å². The summed E-state index contributed by atoms with van der Waals surface area (Å²) in [6.45, 7) is 4.92. The van der Waals surface area contributed by atoms with Gasteiger partial charge >= 0.3 is 0 Å². The molecule has 0 aliphatic carbocycles. The zero-order valence-corrected chi connectivity index (χ0v) is 16.0. The average Bonchev–Trinajstić information content (AvgIpc) is 2.64. The first-order valence-corrected chi connectivity index (χ1v) is 10.3. The SMILES string of the molecule is Cc1ccc(NC(=O)c2ccccc2S(=O)(=O)N2CCCCC2)c(C)c1. The average molecular weight is 372 g/mol. The molecule has 138 valence electrons. The van der Waals surface area contributed by atoms with Gasteiger partial charge in [0.1, 0.15) is 0 Å². The lowest BCUT2D eigenvalue weighted by Gasteiger charge is -2.26. The molecular weight excluding hydrogens is 348 g/mol. The van der Waals surface area contributed by atoms with Gasteiger partial charge in [0.25, 0.3) is 5.91 Å². The highest BCUT2D eigenvalue weighted by Gasteiger charge is 2.29. The van der Waals surface area contributed by atoms with E-state index in [0.29, 0.717) is 18.8 Å². The van der Waals surface area contributed by atoms with Gasteiger partial charge in [0.05, 0.1) is 10.5 Å². The Balaban J connectivity index is 1.92. The van der Waals surface area contributed by atoms with E-state index in [4.69, 9.17) is 0 Å². The number of carbonyl (C=O) groups excluding carboxylic acids is 1. The highest BCUT2D eigenvalue weighted by molar-refractivity contribution is 7.89. The molecule has 1 aliphatic heterocycles. The number of aryl methyl sites for hydroxylation is 2. The van der Waals surface area contributed by atoms with Crippen molar-refractivity contribution in [1.29, 1.82) is 0 Å². The number of amides is 1. The molecule has 0 atom stereocenters. The van der Waals surface area contributed by atoms with Crippen LogP contribution in [0.2, 0.25) is 0 Å². The molecule has 2 aromatic rings. The maximum absolute atomic E-state index is 13.0. The third-order valence-corrected chi connectivity index (χ3v) is 6.65. The van der Waals surface area contributed by atoms with E-state index < -0.39 is 15.9 Å². The number of hydrogen-bond acceptors (Lipinski definition) is 3. The molecule has 0 aromatic heterocycles. The predicted octanol–water partition coefficient (Wildman–Crippen LogP) is 3.73. The largest absolute Gasteiger partial charge is 0.322 e. The number of benzene rings is 2. The smallest absolute Gasteiger partial charge is 0.257 e. The van der Waals surface area contributed by atoms with Gasteiger partial charge in [0.15, 0.2) is 0 Å². The van der Waals surface area contributed by atoms with Crippen molar-refractivity contribution in [2.24, 2.45) is 0 Å². The van der Waals surface area contributed by atoms with Gasteiger partial charge < -0.3 is 5.32 Å². The molecule has 1 fully saturated rings. The minimum absolute atomic E-state index is 0.0733. The van der Waals surface area contributed by atoms with Crippen LogP contribution >= 0.6 is 0 Å². The van der Waals surface area contributed by atoms with Crippen LogP contribution in [-0.2, 0) is 10.0 Å². The third kappa shape index (κ3) is 3.81. The zero-order valence-electron chi connectivity index (χ0n) is 15.2. The Kier molecular flexibility index (Phi) is 5.44. The standard InChI is InChI=1S/C20H24N2O3S/c1-15-10-11-18(16(2)14-15)21-20(23)17-8-4-5-9-19(17)26(24,25)22-12-6-3-7-13-22/h4-5,8-11,14H,3,6-7,12-13H2,1-2H3,(H,21,23). The Labute approximate surface area is 155 Å². The van der Waals surface area contributed by atoms with E-state index in [1.165, 1.54) is 10.4 Å². The molecule has 2 aromatic carbocycles. The molecule has 1 amide bonds. The molecule has 0 spiro atoms. The summed E-state index contributed by atoms with van der Waals surface area (Å²) >= 11 is 0. The van der Waals surface area contributed by atoms with Crippen molar-refractivity contribution in [1.82, 2.24) is 4.31 Å². The fourth-order valence-electron chi connectivity index (χ4n) is 3.27. The molecule has 0 unspecified atom stereocenters. The molecule has 1 saturated heterocycles. The Morgan fingerprint density at radius 1 is 1.00 bits per heavy atom. The molecule has 5 nitrogen and oxygen atoms in total. The monoisotopic (exact) mass is 372 g/mol. The highest BCUT2D eigenvalue weighted by atomic mass is 32.2. The van der Waals surface area contributed by atoms with Crippen molar-refractivity contribution in [3.8, 4) is 0 Å². The summed E-state index contributed by atoms with van der Waals surface area (Å²) in [6.07, 6.45) is 2.76.